The van der Waals surface area contributed by atoms with Crippen molar-refractivity contribution in [1.29, 1.82) is 0 Å². The zero-order valence-electron chi connectivity index (χ0n) is 21.8. The lowest BCUT2D eigenvalue weighted by Crippen LogP contribution is -2.54. The highest BCUT2D eigenvalue weighted by Crippen LogP contribution is 2.07. The maximum Gasteiger partial charge on any atom is 0.253 e. The number of imide groups is 1. The lowest BCUT2D eigenvalue weighted by atomic mass is 9.97. The smallest absolute Gasteiger partial charge is 0.253 e. The highest BCUT2D eigenvalue weighted by atomic mass is 32.2. The standard InChI is InChI=1S/C23H36BN5O7S/c1-14(21(34)25-13-37-12-6-4-5-7-17(24)30)27-23(36)16(3)28-22(35)15(2)26-18(31)10-11-29-19(32)8-9-20(29)33/h8-9,14-16H,4-7,10-13,24H2,1-3H3,(H,25,34)(H,26,31)(H,27,36)(H,28,35)/t14-,15-,16+/m0/s1. The highest BCUT2D eigenvalue weighted by Gasteiger charge is 2.26. The number of unbranched alkanes of at least 4 members (excludes halogenated alkanes) is 2. The normalized spacial score (nSPS) is 15.1. The van der Waals surface area contributed by atoms with E-state index in [2.05, 4.69) is 21.3 Å². The number of hydrogen-bond acceptors (Lipinski definition) is 8. The van der Waals surface area contributed by atoms with Crippen LogP contribution in [0.1, 0.15) is 52.9 Å². The topological polar surface area (TPSA) is 171 Å². The zero-order valence-corrected chi connectivity index (χ0v) is 22.6. The van der Waals surface area contributed by atoms with Crippen molar-refractivity contribution in [3.05, 3.63) is 12.2 Å². The third kappa shape index (κ3) is 12.6. The maximum absolute atomic E-state index is 12.4. The van der Waals surface area contributed by atoms with Crippen LogP contribution in [-0.4, -0.2) is 90.2 Å². The number of thioether (sulfide) groups is 1. The summed E-state index contributed by atoms with van der Waals surface area (Å²) < 4.78 is 0. The van der Waals surface area contributed by atoms with Gasteiger partial charge in [0.2, 0.25) is 23.6 Å². The van der Waals surface area contributed by atoms with E-state index in [0.717, 1.165) is 42.1 Å². The van der Waals surface area contributed by atoms with Crippen molar-refractivity contribution < 1.29 is 33.6 Å². The Balaban J connectivity index is 2.26. The number of nitrogens with zero attached hydrogens (tertiary/aromatic N) is 1. The van der Waals surface area contributed by atoms with E-state index in [0.29, 0.717) is 12.3 Å². The second-order valence-electron chi connectivity index (χ2n) is 8.77. The molecule has 1 aliphatic heterocycles. The largest absolute Gasteiger partial charge is 0.345 e. The predicted octanol–water partition coefficient (Wildman–Crippen LogP) is -1.66. The van der Waals surface area contributed by atoms with Crippen molar-refractivity contribution in [2.75, 3.05) is 18.2 Å². The molecule has 14 heteroatoms. The summed E-state index contributed by atoms with van der Waals surface area (Å²) in [6.07, 6.45) is 5.43. The van der Waals surface area contributed by atoms with Gasteiger partial charge in [-0.2, -0.15) is 0 Å². The number of hydrogen-bond donors (Lipinski definition) is 4. The minimum Gasteiger partial charge on any atom is -0.345 e. The molecule has 0 spiro atoms. The first kappa shape index (κ1) is 31.9. The van der Waals surface area contributed by atoms with Crippen LogP contribution >= 0.6 is 11.8 Å². The Hall–Kier alpha value is -3.16. The molecule has 0 radical (unpaired) electrons. The van der Waals surface area contributed by atoms with Crippen LogP contribution in [0.25, 0.3) is 0 Å². The lowest BCUT2D eigenvalue weighted by Gasteiger charge is -2.20. The summed E-state index contributed by atoms with van der Waals surface area (Å²) in [6.45, 7) is 4.31. The van der Waals surface area contributed by atoms with E-state index in [-0.39, 0.29) is 24.6 Å². The summed E-state index contributed by atoms with van der Waals surface area (Å²) in [4.78, 5) is 83.8. The van der Waals surface area contributed by atoms with E-state index in [1.807, 2.05) is 0 Å². The molecule has 1 rings (SSSR count). The monoisotopic (exact) mass is 537 g/mol. The molecule has 4 N–H and O–H groups in total. The van der Waals surface area contributed by atoms with E-state index in [4.69, 9.17) is 0 Å². The molecule has 0 unspecified atom stereocenters. The molecular formula is C23H36BN5O7S. The van der Waals surface area contributed by atoms with Crippen molar-refractivity contribution in [3.8, 4) is 0 Å². The minimum atomic E-state index is -0.967. The van der Waals surface area contributed by atoms with Gasteiger partial charge in [-0.15, -0.1) is 11.8 Å². The summed E-state index contributed by atoms with van der Waals surface area (Å²) >= 11 is 1.55. The van der Waals surface area contributed by atoms with Gasteiger partial charge in [-0.1, -0.05) is 6.42 Å². The summed E-state index contributed by atoms with van der Waals surface area (Å²) in [6, 6.07) is -2.74. The van der Waals surface area contributed by atoms with Crippen LogP contribution in [0.5, 0.6) is 0 Å². The van der Waals surface area contributed by atoms with Gasteiger partial charge in [0.25, 0.3) is 11.8 Å². The van der Waals surface area contributed by atoms with E-state index in [1.165, 1.54) is 20.8 Å². The molecular weight excluding hydrogens is 501 g/mol. The second kappa shape index (κ2) is 16.6. The Morgan fingerprint density at radius 3 is 1.92 bits per heavy atom. The average molecular weight is 537 g/mol. The fourth-order valence-electron chi connectivity index (χ4n) is 3.15. The Labute approximate surface area is 221 Å². The Kier molecular flexibility index (Phi) is 14.3. The van der Waals surface area contributed by atoms with Crippen molar-refractivity contribution in [2.45, 2.75) is 71.0 Å². The molecule has 0 aromatic carbocycles. The third-order valence-electron chi connectivity index (χ3n) is 5.40. The van der Waals surface area contributed by atoms with Crippen molar-refractivity contribution in [2.24, 2.45) is 0 Å². The first-order chi connectivity index (χ1) is 17.4. The molecule has 0 aromatic rings. The minimum absolute atomic E-state index is 0.108. The van der Waals surface area contributed by atoms with Gasteiger partial charge in [-0.05, 0) is 45.8 Å². The number of amides is 6. The summed E-state index contributed by atoms with van der Waals surface area (Å²) in [7, 11) is 1.58. The predicted molar refractivity (Wildman–Crippen MR) is 141 cm³/mol. The van der Waals surface area contributed by atoms with Crippen LogP contribution < -0.4 is 21.3 Å². The molecule has 1 heterocycles. The molecule has 0 aromatic heterocycles. The van der Waals surface area contributed by atoms with Gasteiger partial charge in [-0.25, -0.2) is 0 Å². The van der Waals surface area contributed by atoms with Crippen LogP contribution in [0.4, 0.5) is 0 Å². The fraction of sp³-hybridized carbons (Fsp3) is 0.609. The molecule has 6 amide bonds. The molecule has 0 saturated heterocycles. The van der Waals surface area contributed by atoms with Crippen LogP contribution in [0.2, 0.25) is 0 Å². The van der Waals surface area contributed by atoms with Crippen LogP contribution in [0.3, 0.4) is 0 Å². The van der Waals surface area contributed by atoms with Gasteiger partial charge in [0, 0.05) is 25.1 Å². The number of carbonyl (C=O) groups is 7. The number of carbonyl (C=O) groups excluding carboxylic acids is 7. The summed E-state index contributed by atoms with van der Waals surface area (Å²) in [5, 5.41) is 10.2. The Bertz CT molecular complexity index is 896. The van der Waals surface area contributed by atoms with E-state index < -0.39 is 47.7 Å². The van der Waals surface area contributed by atoms with Gasteiger partial charge in [0.15, 0.2) is 7.85 Å². The van der Waals surface area contributed by atoms with Gasteiger partial charge < -0.3 is 26.1 Å². The van der Waals surface area contributed by atoms with Crippen LogP contribution in [-0.2, 0) is 33.6 Å². The number of nitrogens with one attached hydrogen (secondary N) is 4. The molecule has 0 aliphatic carbocycles. The molecule has 12 nitrogen and oxygen atoms in total. The molecule has 0 bridgehead atoms. The van der Waals surface area contributed by atoms with Crippen molar-refractivity contribution >= 4 is 60.7 Å². The third-order valence-corrected chi connectivity index (χ3v) is 6.33. The molecule has 37 heavy (non-hydrogen) atoms. The molecule has 3 atom stereocenters. The van der Waals surface area contributed by atoms with Crippen molar-refractivity contribution in [3.63, 3.8) is 0 Å². The van der Waals surface area contributed by atoms with E-state index >= 15 is 0 Å². The summed E-state index contributed by atoms with van der Waals surface area (Å²) in [5.74, 6) is -1.82. The quantitative estimate of drug-likeness (QED) is 0.0740. The van der Waals surface area contributed by atoms with Gasteiger partial charge in [-0.3, -0.25) is 33.7 Å². The summed E-state index contributed by atoms with van der Waals surface area (Å²) in [5.41, 5.74) is 0.187. The second-order valence-corrected chi connectivity index (χ2v) is 9.87. The Morgan fingerprint density at radius 1 is 0.811 bits per heavy atom. The van der Waals surface area contributed by atoms with Gasteiger partial charge in [0.1, 0.15) is 18.1 Å². The van der Waals surface area contributed by atoms with Gasteiger partial charge >= 0.3 is 0 Å². The van der Waals surface area contributed by atoms with Crippen molar-refractivity contribution in [1.82, 2.24) is 26.2 Å². The van der Waals surface area contributed by atoms with E-state index in [9.17, 15) is 33.6 Å². The molecule has 0 saturated carbocycles. The molecule has 0 fully saturated rings. The fourth-order valence-corrected chi connectivity index (χ4v) is 3.95. The average Bonchev–Trinajstić information content (AvgIpc) is 3.15. The zero-order chi connectivity index (χ0) is 28.0. The maximum atomic E-state index is 12.4. The first-order valence-electron chi connectivity index (χ1n) is 12.2. The van der Waals surface area contributed by atoms with Gasteiger partial charge in [0.05, 0.1) is 11.6 Å². The highest BCUT2D eigenvalue weighted by molar-refractivity contribution is 7.99. The van der Waals surface area contributed by atoms with E-state index in [1.54, 1.807) is 19.6 Å². The number of rotatable bonds is 17. The molecule has 1 aliphatic rings. The van der Waals surface area contributed by atoms with Crippen LogP contribution in [0.15, 0.2) is 12.2 Å². The SMILES string of the molecule is BC(=O)CCCCCSCNC(=O)[C@H](C)NC(=O)[C@@H](C)NC(=O)[C@H](C)NC(=O)CCN1C(=O)C=CC1=O. The lowest BCUT2D eigenvalue weighted by molar-refractivity contribution is -0.137. The molecule has 204 valence electrons. The first-order valence-corrected chi connectivity index (χ1v) is 13.4. The Morgan fingerprint density at radius 2 is 1.35 bits per heavy atom. The van der Waals surface area contributed by atoms with Crippen LogP contribution in [0, 0.1) is 0 Å².